The van der Waals surface area contributed by atoms with Gasteiger partial charge in [-0.2, -0.15) is 0 Å². The summed E-state index contributed by atoms with van der Waals surface area (Å²) in [6.07, 6.45) is 0. The summed E-state index contributed by atoms with van der Waals surface area (Å²) in [7, 11) is -3.95. The molecule has 0 fully saturated rings. The number of ether oxygens (including phenoxy) is 2. The molecule has 0 bridgehead atoms. The summed E-state index contributed by atoms with van der Waals surface area (Å²) in [4.78, 5) is 13.1. The second-order valence-corrected chi connectivity index (χ2v) is 9.67. The number of fused-ring (bicyclic) bond motifs is 1. The number of nitrogens with zero attached hydrogens (tertiary/aromatic N) is 1. The molecule has 0 spiro atoms. The van der Waals surface area contributed by atoms with E-state index in [4.69, 9.17) is 9.47 Å². The summed E-state index contributed by atoms with van der Waals surface area (Å²) in [6.45, 7) is 4.28. The van der Waals surface area contributed by atoms with Gasteiger partial charge in [-0.05, 0) is 55.3 Å². The van der Waals surface area contributed by atoms with E-state index in [1.165, 1.54) is 12.1 Å². The molecule has 1 N–H and O–H groups in total. The lowest BCUT2D eigenvalue weighted by Gasteiger charge is -2.26. The van der Waals surface area contributed by atoms with Crippen molar-refractivity contribution < 1.29 is 22.7 Å². The third-order valence-corrected chi connectivity index (χ3v) is 7.22. The SMILES string of the molecule is Cc1ccccc1N(CC(=O)NC(C)c1ccc2c(c1)OCCO2)S(=O)(=O)c1ccccc1. The van der Waals surface area contributed by atoms with Gasteiger partial charge in [-0.25, -0.2) is 8.42 Å². The normalized spacial score (nSPS) is 13.8. The predicted octanol–water partition coefficient (Wildman–Crippen LogP) is 3.84. The highest BCUT2D eigenvalue weighted by Crippen LogP contribution is 2.32. The van der Waals surface area contributed by atoms with E-state index in [1.54, 1.807) is 30.3 Å². The Labute approximate surface area is 194 Å². The van der Waals surface area contributed by atoms with E-state index >= 15 is 0 Å². The fraction of sp³-hybridized carbons (Fsp3) is 0.240. The van der Waals surface area contributed by atoms with Crippen molar-refractivity contribution in [1.82, 2.24) is 5.32 Å². The highest BCUT2D eigenvalue weighted by Gasteiger charge is 2.28. The maximum absolute atomic E-state index is 13.5. The van der Waals surface area contributed by atoms with Gasteiger partial charge in [-0.1, -0.05) is 42.5 Å². The average Bonchev–Trinajstić information content (AvgIpc) is 2.83. The van der Waals surface area contributed by atoms with Gasteiger partial charge in [-0.3, -0.25) is 9.10 Å². The van der Waals surface area contributed by atoms with E-state index < -0.39 is 15.9 Å². The monoisotopic (exact) mass is 466 g/mol. The van der Waals surface area contributed by atoms with Crippen LogP contribution >= 0.6 is 0 Å². The Balaban J connectivity index is 1.57. The Morgan fingerprint density at radius 3 is 2.36 bits per heavy atom. The van der Waals surface area contributed by atoms with Crippen molar-refractivity contribution in [2.24, 2.45) is 0 Å². The largest absolute Gasteiger partial charge is 0.486 e. The zero-order valence-electron chi connectivity index (χ0n) is 18.5. The van der Waals surface area contributed by atoms with E-state index in [-0.39, 0.29) is 17.5 Å². The molecular weight excluding hydrogens is 440 g/mol. The minimum atomic E-state index is -3.95. The molecule has 0 aromatic heterocycles. The topological polar surface area (TPSA) is 84.9 Å². The number of amides is 1. The van der Waals surface area contributed by atoms with Crippen molar-refractivity contribution >= 4 is 21.6 Å². The Morgan fingerprint density at radius 1 is 0.970 bits per heavy atom. The number of nitrogens with one attached hydrogen (secondary N) is 1. The highest BCUT2D eigenvalue weighted by molar-refractivity contribution is 7.92. The van der Waals surface area contributed by atoms with Gasteiger partial charge in [0, 0.05) is 0 Å². The van der Waals surface area contributed by atoms with E-state index in [0.717, 1.165) is 15.4 Å². The molecule has 1 aliphatic heterocycles. The molecule has 0 saturated heterocycles. The molecule has 1 heterocycles. The zero-order valence-corrected chi connectivity index (χ0v) is 19.3. The standard InChI is InChI=1S/C25H26N2O5S/c1-18-8-6-7-11-22(18)27(33(29,30)21-9-4-3-5-10-21)17-25(28)26-19(2)20-12-13-23-24(16-20)32-15-14-31-23/h3-13,16,19H,14-15,17H2,1-2H3,(H,26,28). The number of rotatable bonds is 7. The van der Waals surface area contributed by atoms with Gasteiger partial charge < -0.3 is 14.8 Å². The van der Waals surface area contributed by atoms with Crippen LogP contribution in [0.15, 0.2) is 77.7 Å². The average molecular weight is 467 g/mol. The summed E-state index contributed by atoms with van der Waals surface area (Å²) in [5.41, 5.74) is 2.05. The second-order valence-electron chi connectivity index (χ2n) is 7.80. The molecule has 3 aromatic rings. The second kappa shape index (κ2) is 9.54. The van der Waals surface area contributed by atoms with Gasteiger partial charge in [0.15, 0.2) is 11.5 Å². The van der Waals surface area contributed by atoms with Crippen LogP contribution in [0.1, 0.15) is 24.1 Å². The van der Waals surface area contributed by atoms with Crippen LogP contribution in [0.25, 0.3) is 0 Å². The molecule has 4 rings (SSSR count). The van der Waals surface area contributed by atoms with Crippen molar-refractivity contribution in [1.29, 1.82) is 0 Å². The molecule has 33 heavy (non-hydrogen) atoms. The van der Waals surface area contributed by atoms with Crippen molar-refractivity contribution in [3.05, 3.63) is 83.9 Å². The van der Waals surface area contributed by atoms with Crippen LogP contribution in [0.4, 0.5) is 5.69 Å². The minimum absolute atomic E-state index is 0.126. The molecule has 8 heteroatoms. The first-order chi connectivity index (χ1) is 15.9. The number of para-hydroxylation sites is 1. The molecule has 0 radical (unpaired) electrons. The van der Waals surface area contributed by atoms with Gasteiger partial charge in [0.25, 0.3) is 10.0 Å². The highest BCUT2D eigenvalue weighted by atomic mass is 32.2. The fourth-order valence-electron chi connectivity index (χ4n) is 3.69. The molecule has 1 aliphatic rings. The van der Waals surface area contributed by atoms with E-state index in [1.807, 2.05) is 44.2 Å². The summed E-state index contributed by atoms with van der Waals surface area (Å²) in [5, 5.41) is 2.90. The summed E-state index contributed by atoms with van der Waals surface area (Å²) < 4.78 is 39.2. The van der Waals surface area contributed by atoms with E-state index in [9.17, 15) is 13.2 Å². The molecule has 1 atom stereocenters. The van der Waals surface area contributed by atoms with Crippen LogP contribution < -0.4 is 19.1 Å². The molecular formula is C25H26N2O5S. The maximum atomic E-state index is 13.5. The van der Waals surface area contributed by atoms with E-state index in [0.29, 0.717) is 30.4 Å². The molecule has 7 nitrogen and oxygen atoms in total. The Bertz CT molecular complexity index is 1240. The van der Waals surface area contributed by atoms with Crippen molar-refractivity contribution in [2.45, 2.75) is 24.8 Å². The van der Waals surface area contributed by atoms with Crippen LogP contribution in [-0.2, 0) is 14.8 Å². The van der Waals surface area contributed by atoms with Crippen LogP contribution in [-0.4, -0.2) is 34.1 Å². The van der Waals surface area contributed by atoms with Gasteiger partial charge in [0.2, 0.25) is 5.91 Å². The smallest absolute Gasteiger partial charge is 0.264 e. The van der Waals surface area contributed by atoms with Gasteiger partial charge in [0.1, 0.15) is 19.8 Å². The molecule has 0 saturated carbocycles. The van der Waals surface area contributed by atoms with E-state index in [2.05, 4.69) is 5.32 Å². The molecule has 3 aromatic carbocycles. The van der Waals surface area contributed by atoms with Crippen LogP contribution in [0.3, 0.4) is 0 Å². The van der Waals surface area contributed by atoms with Gasteiger partial charge in [-0.15, -0.1) is 0 Å². The number of anilines is 1. The maximum Gasteiger partial charge on any atom is 0.264 e. The number of sulfonamides is 1. The first-order valence-corrected chi connectivity index (χ1v) is 12.1. The number of hydrogen-bond acceptors (Lipinski definition) is 5. The zero-order chi connectivity index (χ0) is 23.4. The Hall–Kier alpha value is -3.52. The van der Waals surface area contributed by atoms with Crippen LogP contribution in [0, 0.1) is 6.92 Å². The predicted molar refractivity (Wildman–Crippen MR) is 126 cm³/mol. The first-order valence-electron chi connectivity index (χ1n) is 10.7. The Morgan fingerprint density at radius 2 is 1.64 bits per heavy atom. The summed E-state index contributed by atoms with van der Waals surface area (Å²) in [6, 6.07) is 20.4. The number of carbonyl (C=O) groups is 1. The van der Waals surface area contributed by atoms with Crippen LogP contribution in [0.2, 0.25) is 0 Å². The molecule has 172 valence electrons. The van der Waals surface area contributed by atoms with Crippen LogP contribution in [0.5, 0.6) is 11.5 Å². The molecule has 0 aliphatic carbocycles. The third-order valence-electron chi connectivity index (χ3n) is 5.45. The number of aryl methyl sites for hydroxylation is 1. The minimum Gasteiger partial charge on any atom is -0.486 e. The van der Waals surface area contributed by atoms with Crippen molar-refractivity contribution in [3.8, 4) is 11.5 Å². The summed E-state index contributed by atoms with van der Waals surface area (Å²) >= 11 is 0. The fourth-order valence-corrected chi connectivity index (χ4v) is 5.20. The quantitative estimate of drug-likeness (QED) is 0.572. The van der Waals surface area contributed by atoms with Gasteiger partial charge in [0.05, 0.1) is 16.6 Å². The lowest BCUT2D eigenvalue weighted by molar-refractivity contribution is -0.120. The molecule has 1 unspecified atom stereocenters. The number of carbonyl (C=O) groups excluding carboxylic acids is 1. The van der Waals surface area contributed by atoms with Gasteiger partial charge >= 0.3 is 0 Å². The lowest BCUT2D eigenvalue weighted by Crippen LogP contribution is -2.41. The third kappa shape index (κ3) is 4.96. The van der Waals surface area contributed by atoms with Crippen molar-refractivity contribution in [2.75, 3.05) is 24.1 Å². The summed E-state index contributed by atoms with van der Waals surface area (Å²) in [5.74, 6) is 0.886. The van der Waals surface area contributed by atoms with Crippen molar-refractivity contribution in [3.63, 3.8) is 0 Å². The molecule has 1 amide bonds. The first kappa shape index (κ1) is 22.7. The number of hydrogen-bond donors (Lipinski definition) is 1. The lowest BCUT2D eigenvalue weighted by atomic mass is 10.1. The number of benzene rings is 3. The Kier molecular flexibility index (Phi) is 6.55.